The maximum absolute atomic E-state index is 14.3. The van der Waals surface area contributed by atoms with Gasteiger partial charge >= 0.3 is 0 Å². The van der Waals surface area contributed by atoms with Gasteiger partial charge in [0.05, 0.1) is 30.6 Å². The third-order valence-electron chi connectivity index (χ3n) is 5.43. The van der Waals surface area contributed by atoms with Crippen molar-refractivity contribution in [3.8, 4) is 5.75 Å². The van der Waals surface area contributed by atoms with Gasteiger partial charge in [-0.05, 0) is 38.8 Å². The number of amides is 1. The fraction of sp³-hybridized carbons (Fsp3) is 0.476. The quantitative estimate of drug-likeness (QED) is 0.769. The minimum absolute atomic E-state index is 0.000613. The first kappa shape index (κ1) is 20.8. The summed E-state index contributed by atoms with van der Waals surface area (Å²) in [6.07, 6.45) is 3.13. The van der Waals surface area contributed by atoms with Gasteiger partial charge in [-0.2, -0.15) is 5.10 Å². The van der Waals surface area contributed by atoms with Crippen LogP contribution in [0, 0.1) is 5.82 Å². The Bertz CT molecular complexity index is 944. The van der Waals surface area contributed by atoms with Gasteiger partial charge < -0.3 is 14.5 Å². The highest BCUT2D eigenvalue weighted by atomic mass is 19.1. The lowest BCUT2D eigenvalue weighted by Gasteiger charge is -2.33. The molecule has 1 saturated heterocycles. The molecule has 156 valence electrons. The van der Waals surface area contributed by atoms with Crippen molar-refractivity contribution in [2.75, 3.05) is 32.1 Å². The van der Waals surface area contributed by atoms with E-state index in [9.17, 15) is 14.0 Å². The Kier molecular flexibility index (Phi) is 6.20. The number of nitrogens with zero attached hydrogens (tertiary/aromatic N) is 4. The van der Waals surface area contributed by atoms with Gasteiger partial charge in [-0.3, -0.25) is 9.59 Å². The van der Waals surface area contributed by atoms with Crippen LogP contribution in [0.25, 0.3) is 0 Å². The molecular formula is C21H27FN4O3. The Morgan fingerprint density at radius 2 is 2.10 bits per heavy atom. The predicted molar refractivity (Wildman–Crippen MR) is 109 cm³/mol. The van der Waals surface area contributed by atoms with Crippen LogP contribution in [0.2, 0.25) is 0 Å². The maximum atomic E-state index is 14.3. The number of halogens is 1. The topological polar surface area (TPSA) is 67.7 Å². The molecule has 7 nitrogen and oxygen atoms in total. The van der Waals surface area contributed by atoms with Crippen LogP contribution >= 0.6 is 0 Å². The molecule has 2 aromatic rings. The van der Waals surface area contributed by atoms with Crippen molar-refractivity contribution in [2.45, 2.75) is 38.8 Å². The third-order valence-corrected chi connectivity index (χ3v) is 5.43. The molecule has 3 rings (SSSR count). The number of ether oxygens (including phenoxy) is 1. The molecule has 0 N–H and O–H groups in total. The van der Waals surface area contributed by atoms with E-state index in [2.05, 4.69) is 5.10 Å². The molecule has 29 heavy (non-hydrogen) atoms. The smallest absolute Gasteiger partial charge is 0.269 e. The molecule has 1 aromatic carbocycles. The Morgan fingerprint density at radius 3 is 2.72 bits per heavy atom. The number of piperidine rings is 1. The van der Waals surface area contributed by atoms with Crippen molar-refractivity contribution in [2.24, 2.45) is 0 Å². The lowest BCUT2D eigenvalue weighted by Crippen LogP contribution is -2.43. The first-order valence-corrected chi connectivity index (χ1v) is 9.76. The van der Waals surface area contributed by atoms with Crippen molar-refractivity contribution in [1.82, 2.24) is 14.7 Å². The predicted octanol–water partition coefficient (Wildman–Crippen LogP) is 2.71. The Balaban J connectivity index is 1.79. The zero-order valence-electron chi connectivity index (χ0n) is 17.3. The molecule has 1 aromatic heterocycles. The van der Waals surface area contributed by atoms with Crippen LogP contribution in [-0.4, -0.2) is 53.9 Å². The van der Waals surface area contributed by atoms with Gasteiger partial charge in [0.1, 0.15) is 11.6 Å². The van der Waals surface area contributed by atoms with Crippen LogP contribution in [0.3, 0.4) is 0 Å². The zero-order valence-corrected chi connectivity index (χ0v) is 17.3. The van der Waals surface area contributed by atoms with Crippen LogP contribution < -0.4 is 15.2 Å². The highest BCUT2D eigenvalue weighted by Crippen LogP contribution is 2.24. The standard InChI is InChI=1S/C21H27FN4O3/c1-14(2)24(3)16-10-20(27)26(23-12-16)15-6-5-9-25(13-15)21(28)18-8-7-17(29-4)11-19(18)22/h7-8,10-12,14-15H,5-6,9,13H2,1-4H3/t15-/m0/s1. The minimum atomic E-state index is -0.618. The molecule has 0 saturated carbocycles. The van der Waals surface area contributed by atoms with E-state index in [0.29, 0.717) is 18.8 Å². The lowest BCUT2D eigenvalue weighted by atomic mass is 10.0. The molecule has 1 amide bonds. The van der Waals surface area contributed by atoms with Crippen LogP contribution in [0.1, 0.15) is 43.1 Å². The van der Waals surface area contributed by atoms with Crippen molar-refractivity contribution in [3.63, 3.8) is 0 Å². The summed E-state index contributed by atoms with van der Waals surface area (Å²) in [6, 6.07) is 5.77. The van der Waals surface area contributed by atoms with Crippen LogP contribution in [0.5, 0.6) is 5.75 Å². The molecule has 0 aliphatic carbocycles. The molecule has 8 heteroatoms. The molecule has 0 radical (unpaired) electrons. The first-order valence-electron chi connectivity index (χ1n) is 9.76. The van der Waals surface area contributed by atoms with E-state index in [1.165, 1.54) is 23.9 Å². The third kappa shape index (κ3) is 4.41. The molecule has 0 bridgehead atoms. The van der Waals surface area contributed by atoms with Gasteiger partial charge in [-0.15, -0.1) is 0 Å². The van der Waals surface area contributed by atoms with E-state index in [1.807, 2.05) is 25.8 Å². The summed E-state index contributed by atoms with van der Waals surface area (Å²) in [5.74, 6) is -0.648. The highest BCUT2D eigenvalue weighted by molar-refractivity contribution is 5.94. The molecule has 1 aliphatic rings. The fourth-order valence-corrected chi connectivity index (χ4v) is 3.48. The molecule has 0 unspecified atom stereocenters. The number of carbonyl (C=O) groups is 1. The van der Waals surface area contributed by atoms with E-state index in [0.717, 1.165) is 18.5 Å². The van der Waals surface area contributed by atoms with Gasteiger partial charge in [0.2, 0.25) is 0 Å². The van der Waals surface area contributed by atoms with E-state index < -0.39 is 5.82 Å². The average molecular weight is 402 g/mol. The normalized spacial score (nSPS) is 16.8. The summed E-state index contributed by atoms with van der Waals surface area (Å²) < 4.78 is 20.7. The maximum Gasteiger partial charge on any atom is 0.269 e. The van der Waals surface area contributed by atoms with E-state index in [4.69, 9.17) is 4.74 Å². The largest absolute Gasteiger partial charge is 0.497 e. The monoisotopic (exact) mass is 402 g/mol. The average Bonchev–Trinajstić information content (AvgIpc) is 2.72. The Hall–Kier alpha value is -2.90. The van der Waals surface area contributed by atoms with Gasteiger partial charge in [0, 0.05) is 38.3 Å². The second-order valence-electron chi connectivity index (χ2n) is 7.59. The second kappa shape index (κ2) is 8.63. The number of aromatic nitrogens is 2. The minimum Gasteiger partial charge on any atom is -0.497 e. The molecular weight excluding hydrogens is 375 g/mol. The van der Waals surface area contributed by atoms with Crippen LogP contribution in [-0.2, 0) is 0 Å². The summed E-state index contributed by atoms with van der Waals surface area (Å²) >= 11 is 0. The molecule has 1 fully saturated rings. The van der Waals surface area contributed by atoms with Crippen molar-refractivity contribution in [1.29, 1.82) is 0 Å². The van der Waals surface area contributed by atoms with Crippen molar-refractivity contribution < 1.29 is 13.9 Å². The second-order valence-corrected chi connectivity index (χ2v) is 7.59. The molecule has 2 heterocycles. The van der Waals surface area contributed by atoms with Crippen molar-refractivity contribution in [3.05, 3.63) is 52.2 Å². The number of rotatable bonds is 5. The van der Waals surface area contributed by atoms with E-state index >= 15 is 0 Å². The summed E-state index contributed by atoms with van der Waals surface area (Å²) in [4.78, 5) is 29.0. The summed E-state index contributed by atoms with van der Waals surface area (Å²) in [5.41, 5.74) is 0.552. The molecule has 1 atom stereocenters. The Morgan fingerprint density at radius 1 is 1.34 bits per heavy atom. The van der Waals surface area contributed by atoms with Gasteiger partial charge in [0.25, 0.3) is 11.5 Å². The zero-order chi connectivity index (χ0) is 21.1. The number of anilines is 1. The number of hydrogen-bond donors (Lipinski definition) is 0. The summed E-state index contributed by atoms with van der Waals surface area (Å²) in [6.45, 7) is 4.91. The number of benzene rings is 1. The first-order chi connectivity index (χ1) is 13.8. The number of hydrogen-bond acceptors (Lipinski definition) is 5. The lowest BCUT2D eigenvalue weighted by molar-refractivity contribution is 0.0665. The van der Waals surface area contributed by atoms with Crippen LogP contribution in [0.4, 0.5) is 10.1 Å². The van der Waals surface area contributed by atoms with Gasteiger partial charge in [-0.1, -0.05) is 0 Å². The van der Waals surface area contributed by atoms with Gasteiger partial charge in [-0.25, -0.2) is 9.07 Å². The number of carbonyl (C=O) groups excluding carboxylic acids is 1. The molecule has 1 aliphatic heterocycles. The van der Waals surface area contributed by atoms with Gasteiger partial charge in [0.15, 0.2) is 0 Å². The van der Waals surface area contributed by atoms with Crippen LogP contribution in [0.15, 0.2) is 35.3 Å². The van der Waals surface area contributed by atoms with E-state index in [-0.39, 0.29) is 29.1 Å². The van der Waals surface area contributed by atoms with E-state index in [1.54, 1.807) is 23.2 Å². The number of likely N-dealkylation sites (tertiary alicyclic amines) is 1. The SMILES string of the molecule is COc1ccc(C(=O)N2CCC[C@H](n3ncc(N(C)C(C)C)cc3=O)C2)c(F)c1. The number of methoxy groups -OCH3 is 1. The van der Waals surface area contributed by atoms with Crippen molar-refractivity contribution >= 4 is 11.6 Å². The molecule has 0 spiro atoms. The summed E-state index contributed by atoms with van der Waals surface area (Å²) in [7, 11) is 3.36. The Labute approximate surface area is 169 Å². The highest BCUT2D eigenvalue weighted by Gasteiger charge is 2.28. The summed E-state index contributed by atoms with van der Waals surface area (Å²) in [5, 5.41) is 4.35. The fourth-order valence-electron chi connectivity index (χ4n) is 3.48.